The van der Waals surface area contributed by atoms with Crippen LogP contribution in [0, 0.1) is 6.92 Å². The van der Waals surface area contributed by atoms with Crippen molar-refractivity contribution in [3.05, 3.63) is 29.3 Å². The zero-order chi connectivity index (χ0) is 11.6. The van der Waals surface area contributed by atoms with Crippen LogP contribution in [-0.4, -0.2) is 19.3 Å². The van der Waals surface area contributed by atoms with Gasteiger partial charge >= 0.3 is 0 Å². The van der Waals surface area contributed by atoms with Gasteiger partial charge in [-0.05, 0) is 37.8 Å². The highest BCUT2D eigenvalue weighted by atomic mass is 16.5. The first-order valence-electron chi connectivity index (χ1n) is 6.06. The van der Waals surface area contributed by atoms with Gasteiger partial charge in [0.2, 0.25) is 0 Å². The van der Waals surface area contributed by atoms with Gasteiger partial charge in [0.25, 0.3) is 0 Å². The molecule has 0 saturated heterocycles. The van der Waals surface area contributed by atoms with Crippen molar-refractivity contribution in [1.82, 2.24) is 0 Å². The number of fused-ring (bicyclic) bond motifs is 1. The van der Waals surface area contributed by atoms with Crippen molar-refractivity contribution in [1.29, 1.82) is 0 Å². The number of hydrogen-bond donors (Lipinski definition) is 1. The third-order valence-electron chi connectivity index (χ3n) is 3.63. The van der Waals surface area contributed by atoms with Crippen molar-refractivity contribution >= 4 is 5.69 Å². The summed E-state index contributed by atoms with van der Waals surface area (Å²) in [6.07, 6.45) is 3.42. The van der Waals surface area contributed by atoms with Crippen LogP contribution < -0.4 is 5.32 Å². The van der Waals surface area contributed by atoms with E-state index in [4.69, 9.17) is 4.74 Å². The average molecular weight is 219 g/mol. The van der Waals surface area contributed by atoms with E-state index in [-0.39, 0.29) is 5.54 Å². The molecule has 0 spiro atoms. The van der Waals surface area contributed by atoms with E-state index in [2.05, 4.69) is 37.4 Å². The highest BCUT2D eigenvalue weighted by molar-refractivity contribution is 5.56. The van der Waals surface area contributed by atoms with Gasteiger partial charge in [-0.2, -0.15) is 0 Å². The fraction of sp³-hybridized carbons (Fsp3) is 0.571. The number of anilines is 1. The first kappa shape index (κ1) is 11.5. The molecule has 1 N–H and O–H groups in total. The molecule has 0 saturated carbocycles. The molecule has 1 aliphatic heterocycles. The standard InChI is InChI=1S/C14H21NO/c1-4-14(10-16-3)8-7-12-9-11(2)5-6-13(12)15-14/h5-6,9,15H,4,7-8,10H2,1-3H3. The second-order valence-corrected chi connectivity index (χ2v) is 4.85. The maximum Gasteiger partial charge on any atom is 0.0692 e. The van der Waals surface area contributed by atoms with E-state index in [0.29, 0.717) is 0 Å². The maximum absolute atomic E-state index is 5.35. The monoisotopic (exact) mass is 219 g/mol. The lowest BCUT2D eigenvalue weighted by molar-refractivity contribution is 0.133. The highest BCUT2D eigenvalue weighted by Gasteiger charge is 2.31. The molecule has 0 radical (unpaired) electrons. The number of methoxy groups -OCH3 is 1. The summed E-state index contributed by atoms with van der Waals surface area (Å²) in [5.41, 5.74) is 4.21. The van der Waals surface area contributed by atoms with Crippen LogP contribution in [0.1, 0.15) is 30.9 Å². The Morgan fingerprint density at radius 2 is 2.25 bits per heavy atom. The molecule has 16 heavy (non-hydrogen) atoms. The van der Waals surface area contributed by atoms with Crippen molar-refractivity contribution in [3.63, 3.8) is 0 Å². The Balaban J connectivity index is 2.25. The van der Waals surface area contributed by atoms with E-state index < -0.39 is 0 Å². The molecular weight excluding hydrogens is 198 g/mol. The van der Waals surface area contributed by atoms with E-state index in [9.17, 15) is 0 Å². The van der Waals surface area contributed by atoms with Crippen LogP contribution in [0.5, 0.6) is 0 Å². The normalized spacial score (nSPS) is 23.7. The third kappa shape index (κ3) is 2.07. The summed E-state index contributed by atoms with van der Waals surface area (Å²) in [5, 5.41) is 3.66. The topological polar surface area (TPSA) is 21.3 Å². The molecule has 2 rings (SSSR count). The van der Waals surface area contributed by atoms with Crippen LogP contribution in [0.4, 0.5) is 5.69 Å². The minimum atomic E-state index is 0.136. The van der Waals surface area contributed by atoms with E-state index in [0.717, 1.165) is 25.9 Å². The van der Waals surface area contributed by atoms with Crippen LogP contribution in [0.15, 0.2) is 18.2 Å². The first-order valence-corrected chi connectivity index (χ1v) is 6.06. The zero-order valence-electron chi connectivity index (χ0n) is 10.5. The van der Waals surface area contributed by atoms with E-state index in [1.165, 1.54) is 16.8 Å². The quantitative estimate of drug-likeness (QED) is 0.843. The summed E-state index contributed by atoms with van der Waals surface area (Å²) < 4.78 is 5.35. The van der Waals surface area contributed by atoms with Gasteiger partial charge in [0.15, 0.2) is 0 Å². The molecule has 1 aromatic rings. The van der Waals surface area contributed by atoms with Crippen molar-refractivity contribution in [2.24, 2.45) is 0 Å². The Morgan fingerprint density at radius 1 is 1.44 bits per heavy atom. The summed E-state index contributed by atoms with van der Waals surface area (Å²) >= 11 is 0. The third-order valence-corrected chi connectivity index (χ3v) is 3.63. The summed E-state index contributed by atoms with van der Waals surface area (Å²) in [7, 11) is 1.78. The second-order valence-electron chi connectivity index (χ2n) is 4.85. The Labute approximate surface area is 98.0 Å². The molecule has 1 aliphatic rings. The lowest BCUT2D eigenvalue weighted by Gasteiger charge is -2.39. The summed E-state index contributed by atoms with van der Waals surface area (Å²) in [5.74, 6) is 0. The lowest BCUT2D eigenvalue weighted by Crippen LogP contribution is -2.45. The molecule has 0 aliphatic carbocycles. The molecule has 1 unspecified atom stereocenters. The Hall–Kier alpha value is -1.02. The molecule has 0 bridgehead atoms. The molecule has 2 heteroatoms. The minimum Gasteiger partial charge on any atom is -0.382 e. The number of rotatable bonds is 3. The molecule has 1 atom stereocenters. The van der Waals surface area contributed by atoms with Crippen LogP contribution in [-0.2, 0) is 11.2 Å². The van der Waals surface area contributed by atoms with Gasteiger partial charge in [0, 0.05) is 12.8 Å². The van der Waals surface area contributed by atoms with E-state index >= 15 is 0 Å². The van der Waals surface area contributed by atoms with Gasteiger partial charge in [-0.25, -0.2) is 0 Å². The van der Waals surface area contributed by atoms with Crippen molar-refractivity contribution < 1.29 is 4.74 Å². The minimum absolute atomic E-state index is 0.136. The average Bonchev–Trinajstić information content (AvgIpc) is 2.30. The second kappa shape index (κ2) is 4.46. The Bertz CT molecular complexity index is 375. The summed E-state index contributed by atoms with van der Waals surface area (Å²) in [6.45, 7) is 5.17. The number of benzene rings is 1. The maximum atomic E-state index is 5.35. The van der Waals surface area contributed by atoms with Crippen molar-refractivity contribution in [2.45, 2.75) is 38.6 Å². The van der Waals surface area contributed by atoms with Crippen LogP contribution in [0.3, 0.4) is 0 Å². The van der Waals surface area contributed by atoms with Gasteiger partial charge in [0.1, 0.15) is 0 Å². The van der Waals surface area contributed by atoms with Crippen LogP contribution in [0.2, 0.25) is 0 Å². The lowest BCUT2D eigenvalue weighted by atomic mass is 9.84. The molecule has 2 nitrogen and oxygen atoms in total. The highest BCUT2D eigenvalue weighted by Crippen LogP contribution is 2.33. The van der Waals surface area contributed by atoms with Gasteiger partial charge in [-0.15, -0.1) is 0 Å². The fourth-order valence-corrected chi connectivity index (χ4v) is 2.53. The van der Waals surface area contributed by atoms with Crippen LogP contribution >= 0.6 is 0 Å². The summed E-state index contributed by atoms with van der Waals surface area (Å²) in [4.78, 5) is 0. The number of aryl methyl sites for hydroxylation is 2. The van der Waals surface area contributed by atoms with Crippen molar-refractivity contribution in [2.75, 3.05) is 19.0 Å². The summed E-state index contributed by atoms with van der Waals surface area (Å²) in [6, 6.07) is 6.66. The Morgan fingerprint density at radius 3 is 2.94 bits per heavy atom. The number of ether oxygens (including phenoxy) is 1. The smallest absolute Gasteiger partial charge is 0.0692 e. The molecule has 1 aromatic carbocycles. The fourth-order valence-electron chi connectivity index (χ4n) is 2.53. The first-order chi connectivity index (χ1) is 7.69. The molecule has 88 valence electrons. The van der Waals surface area contributed by atoms with Gasteiger partial charge in [-0.1, -0.05) is 24.6 Å². The van der Waals surface area contributed by atoms with E-state index in [1.54, 1.807) is 7.11 Å². The number of nitrogens with one attached hydrogen (secondary N) is 1. The van der Waals surface area contributed by atoms with Gasteiger partial charge < -0.3 is 10.1 Å². The van der Waals surface area contributed by atoms with Gasteiger partial charge in [0.05, 0.1) is 12.1 Å². The van der Waals surface area contributed by atoms with Crippen molar-refractivity contribution in [3.8, 4) is 0 Å². The van der Waals surface area contributed by atoms with Gasteiger partial charge in [-0.3, -0.25) is 0 Å². The predicted molar refractivity (Wildman–Crippen MR) is 68.0 cm³/mol. The number of hydrogen-bond acceptors (Lipinski definition) is 2. The molecule has 0 amide bonds. The molecule has 0 aromatic heterocycles. The largest absolute Gasteiger partial charge is 0.382 e. The SMILES string of the molecule is CCC1(COC)CCc2cc(C)ccc2N1. The van der Waals surface area contributed by atoms with E-state index in [1.807, 2.05) is 0 Å². The zero-order valence-corrected chi connectivity index (χ0v) is 10.5. The molecular formula is C14H21NO. The molecule has 0 fully saturated rings. The predicted octanol–water partition coefficient (Wildman–Crippen LogP) is 3.15. The Kier molecular flexibility index (Phi) is 3.20. The van der Waals surface area contributed by atoms with Crippen LogP contribution in [0.25, 0.3) is 0 Å². The molecule has 1 heterocycles.